The van der Waals surface area contributed by atoms with Crippen LogP contribution in [0.5, 0.6) is 0 Å². The molecule has 0 fully saturated rings. The fourth-order valence-electron chi connectivity index (χ4n) is 0. The van der Waals surface area contributed by atoms with Crippen LogP contribution in [0.1, 0.15) is 0 Å². The average molecular weight is 226 g/mol. The molecule has 6 N–H and O–H groups in total. The Kier molecular flexibility index (Phi) is 69.2. The van der Waals surface area contributed by atoms with Gasteiger partial charge < -0.3 is 21.4 Å². The second kappa shape index (κ2) is 23.2. The van der Waals surface area contributed by atoms with Gasteiger partial charge in [0.2, 0.25) is 0 Å². The molecule has 11 heavy (non-hydrogen) atoms. The van der Waals surface area contributed by atoms with Gasteiger partial charge in [-0.15, -0.1) is 20.2 Å². The molecular formula is H6CuN2O8+2. The third-order valence-corrected chi connectivity index (χ3v) is 0. The van der Waals surface area contributed by atoms with Gasteiger partial charge in [0.15, 0.2) is 0 Å². The van der Waals surface area contributed by atoms with Gasteiger partial charge in [0.1, 0.15) is 0 Å². The molecule has 0 aromatic heterocycles. The van der Waals surface area contributed by atoms with Crippen molar-refractivity contribution in [2.75, 3.05) is 0 Å². The number of nitrogens with zero attached hydrogens (tertiary/aromatic N) is 2. The van der Waals surface area contributed by atoms with Gasteiger partial charge in [-0.3, -0.25) is 0 Å². The Morgan fingerprint density at radius 1 is 0.909 bits per heavy atom. The van der Waals surface area contributed by atoms with Crippen LogP contribution in [0.2, 0.25) is 0 Å². The summed E-state index contributed by atoms with van der Waals surface area (Å²) in [5.74, 6) is 0. The van der Waals surface area contributed by atoms with Gasteiger partial charge in [0.25, 0.3) is 10.2 Å². The van der Waals surface area contributed by atoms with Gasteiger partial charge in [-0.25, -0.2) is 0 Å². The molecule has 73 valence electrons. The first-order valence-electron chi connectivity index (χ1n) is 1.13. The molecule has 0 aliphatic heterocycles. The van der Waals surface area contributed by atoms with E-state index in [1.165, 1.54) is 0 Å². The normalized spacial score (nSPS) is 4.36. The van der Waals surface area contributed by atoms with Gasteiger partial charge in [-0.05, 0) is 0 Å². The van der Waals surface area contributed by atoms with Crippen molar-refractivity contribution < 1.29 is 48.6 Å². The first-order valence-corrected chi connectivity index (χ1v) is 1.13. The number of hydrogen-bond acceptors (Lipinski definition) is 4. The third-order valence-electron chi connectivity index (χ3n) is 0. The summed E-state index contributed by atoms with van der Waals surface area (Å²) in [4.78, 5) is 16.7. The smallest absolute Gasteiger partial charge is 0.412 e. The summed E-state index contributed by atoms with van der Waals surface area (Å²) in [6, 6.07) is 0. The van der Waals surface area contributed by atoms with Gasteiger partial charge in [-0.1, -0.05) is 0 Å². The fraction of sp³-hybridized carbons (Fsp3) is 0. The largest absolute Gasteiger partial charge is 2.00 e. The molecule has 0 bridgehead atoms. The molecule has 0 aliphatic carbocycles. The molecule has 0 spiro atoms. The summed E-state index contributed by atoms with van der Waals surface area (Å²) in [5.41, 5.74) is 0. The second-order valence-electron chi connectivity index (χ2n) is 0.476. The van der Waals surface area contributed by atoms with E-state index in [4.69, 9.17) is 30.6 Å². The van der Waals surface area contributed by atoms with Crippen molar-refractivity contribution >= 4 is 0 Å². The van der Waals surface area contributed by atoms with Crippen molar-refractivity contribution in [3.8, 4) is 0 Å². The second-order valence-corrected chi connectivity index (χ2v) is 0.476. The zero-order valence-electron chi connectivity index (χ0n) is 4.72. The molecule has 0 saturated heterocycles. The molecule has 0 saturated carbocycles. The van der Waals surface area contributed by atoms with E-state index in [9.17, 15) is 0 Å². The minimum absolute atomic E-state index is 0. The predicted molar refractivity (Wildman–Crippen MR) is 24.8 cm³/mol. The maximum Gasteiger partial charge on any atom is 2.00 e. The maximum absolute atomic E-state index is 8.36. The monoisotopic (exact) mass is 225 g/mol. The number of hydrogen-bond donors (Lipinski definition) is 2. The van der Waals surface area contributed by atoms with Crippen LogP contribution >= 0.6 is 0 Å². The molecule has 0 aromatic carbocycles. The van der Waals surface area contributed by atoms with Crippen LogP contribution < -0.4 is 0 Å². The quantitative estimate of drug-likeness (QED) is 0.263. The van der Waals surface area contributed by atoms with Crippen molar-refractivity contribution in [2.45, 2.75) is 0 Å². The Morgan fingerprint density at radius 2 is 0.909 bits per heavy atom. The molecular weight excluding hydrogens is 220 g/mol. The topological polar surface area (TPSA) is 190 Å². The summed E-state index contributed by atoms with van der Waals surface area (Å²) >= 11 is 0. The van der Waals surface area contributed by atoms with E-state index in [2.05, 4.69) is 0 Å². The van der Waals surface area contributed by atoms with E-state index in [0.717, 1.165) is 0 Å². The Balaban J connectivity index is -0.0000000171. The van der Waals surface area contributed by atoms with E-state index >= 15 is 0 Å². The summed E-state index contributed by atoms with van der Waals surface area (Å²) in [6.45, 7) is 0. The van der Waals surface area contributed by atoms with Gasteiger partial charge >= 0.3 is 17.1 Å². The van der Waals surface area contributed by atoms with Gasteiger partial charge in [0, 0.05) is 0 Å². The zero-order chi connectivity index (χ0) is 7.15. The molecule has 0 heterocycles. The van der Waals surface area contributed by atoms with E-state index in [-0.39, 0.29) is 28.0 Å². The van der Waals surface area contributed by atoms with Crippen LogP contribution in [0, 0.1) is 20.2 Å². The van der Waals surface area contributed by atoms with Crippen LogP contribution in [-0.2, 0) is 17.1 Å². The summed E-state index contributed by atoms with van der Waals surface area (Å²) in [5, 5.41) is 27.3. The van der Waals surface area contributed by atoms with Crippen molar-refractivity contribution in [2.24, 2.45) is 0 Å². The predicted octanol–water partition coefficient (Wildman–Crippen LogP) is -2.35. The van der Waals surface area contributed by atoms with Crippen LogP contribution in [0.3, 0.4) is 0 Å². The molecule has 0 unspecified atom stereocenters. The van der Waals surface area contributed by atoms with Crippen LogP contribution in [-0.4, -0.2) is 31.5 Å². The Bertz CT molecular complexity index is 70.1. The summed E-state index contributed by atoms with van der Waals surface area (Å²) < 4.78 is 0. The Morgan fingerprint density at radius 3 is 0.909 bits per heavy atom. The van der Waals surface area contributed by atoms with Crippen molar-refractivity contribution in [1.29, 1.82) is 0 Å². The number of rotatable bonds is 0. The minimum Gasteiger partial charge on any atom is -0.412 e. The fourth-order valence-corrected chi connectivity index (χ4v) is 0. The van der Waals surface area contributed by atoms with Crippen LogP contribution in [0.4, 0.5) is 0 Å². The standard InChI is InChI=1S/Cu.2HNO3.2H2O/c;2*2-1(3)4;;/h;2*(H,2,3,4);2*1H2/q+2;;;;. The molecule has 0 aromatic rings. The average Bonchev–Trinajstić information content (AvgIpc) is 1.25. The van der Waals surface area contributed by atoms with Gasteiger partial charge in [-0.2, -0.15) is 0 Å². The molecule has 11 heteroatoms. The van der Waals surface area contributed by atoms with Crippen molar-refractivity contribution in [3.05, 3.63) is 20.2 Å². The van der Waals surface area contributed by atoms with E-state index in [1.54, 1.807) is 0 Å². The first-order chi connectivity index (χ1) is 3.46. The zero-order valence-corrected chi connectivity index (χ0v) is 5.67. The maximum atomic E-state index is 8.36. The van der Waals surface area contributed by atoms with Crippen LogP contribution in [0.15, 0.2) is 0 Å². The van der Waals surface area contributed by atoms with E-state index in [0.29, 0.717) is 0 Å². The summed E-state index contributed by atoms with van der Waals surface area (Å²) in [6.07, 6.45) is 0. The van der Waals surface area contributed by atoms with E-state index < -0.39 is 10.2 Å². The van der Waals surface area contributed by atoms with Crippen molar-refractivity contribution in [1.82, 2.24) is 0 Å². The Hall–Kier alpha value is -1.16. The molecule has 0 rings (SSSR count). The molecule has 0 aliphatic rings. The first kappa shape index (κ1) is 32.8. The van der Waals surface area contributed by atoms with E-state index in [1.807, 2.05) is 0 Å². The van der Waals surface area contributed by atoms with Crippen LogP contribution in [0.25, 0.3) is 0 Å². The molecule has 1 radical (unpaired) electrons. The third kappa shape index (κ3) is 307. The SMILES string of the molecule is O.O.O=[N+]([O-])O.O=[N+]([O-])O.[Cu+2]. The minimum atomic E-state index is -1.50. The molecule has 10 nitrogen and oxygen atoms in total. The molecule has 0 atom stereocenters. The van der Waals surface area contributed by atoms with Crippen molar-refractivity contribution in [3.63, 3.8) is 0 Å². The Labute approximate surface area is 69.7 Å². The molecule has 0 amide bonds. The van der Waals surface area contributed by atoms with Gasteiger partial charge in [0.05, 0.1) is 0 Å². The summed E-state index contributed by atoms with van der Waals surface area (Å²) in [7, 11) is 0.